The number of rotatable bonds is 4. The molecule has 1 N–H and O–H groups in total. The van der Waals surface area contributed by atoms with Gasteiger partial charge in [0.15, 0.2) is 6.61 Å². The average Bonchev–Trinajstić information content (AvgIpc) is 2.97. The molecule has 1 heterocycles. The Morgan fingerprint density at radius 3 is 2.24 bits per heavy atom. The van der Waals surface area contributed by atoms with E-state index in [0.29, 0.717) is 24.9 Å². The number of nitrogens with one attached hydrogen (secondary N) is 1. The smallest absolute Gasteiger partial charge is 0.338 e. The van der Waals surface area contributed by atoms with Gasteiger partial charge in [-0.15, -0.1) is 0 Å². The van der Waals surface area contributed by atoms with Crippen LogP contribution in [0.25, 0.3) is 0 Å². The molecule has 1 fully saturated rings. The zero-order valence-electron chi connectivity index (χ0n) is 14.6. The summed E-state index contributed by atoms with van der Waals surface area (Å²) in [5.41, 5.74) is 0.292. The minimum absolute atomic E-state index is 0.229. The molecule has 0 aliphatic carbocycles. The molecule has 1 saturated heterocycles. The van der Waals surface area contributed by atoms with E-state index in [4.69, 9.17) is 4.74 Å². The molecule has 7 heteroatoms. The Bertz CT molecular complexity index is 688. The zero-order valence-corrected chi connectivity index (χ0v) is 14.6. The summed E-state index contributed by atoms with van der Waals surface area (Å²) in [6.07, 6.45) is 0.981. The van der Waals surface area contributed by atoms with Crippen LogP contribution >= 0.6 is 0 Å². The van der Waals surface area contributed by atoms with Gasteiger partial charge in [-0.2, -0.15) is 0 Å². The highest BCUT2D eigenvalue weighted by Gasteiger charge is 2.27. The summed E-state index contributed by atoms with van der Waals surface area (Å²) < 4.78 is 4.95. The lowest BCUT2D eigenvalue weighted by Crippen LogP contribution is -2.40. The van der Waals surface area contributed by atoms with Gasteiger partial charge in [0.25, 0.3) is 11.8 Å². The van der Waals surface area contributed by atoms with E-state index in [1.54, 1.807) is 0 Å². The third kappa shape index (κ3) is 5.14. The van der Waals surface area contributed by atoms with Crippen LogP contribution in [-0.4, -0.2) is 47.3 Å². The second-order valence-electron chi connectivity index (χ2n) is 6.90. The Labute approximate surface area is 146 Å². The lowest BCUT2D eigenvalue weighted by atomic mass is 10.1. The summed E-state index contributed by atoms with van der Waals surface area (Å²) in [7, 11) is 0. The number of carbonyl (C=O) groups excluding carboxylic acids is 4. The molecule has 7 nitrogen and oxygen atoms in total. The molecule has 1 aliphatic rings. The summed E-state index contributed by atoms with van der Waals surface area (Å²) >= 11 is 0. The Balaban J connectivity index is 1.91. The maximum absolute atomic E-state index is 12.0. The molecule has 0 saturated carbocycles. The predicted molar refractivity (Wildman–Crippen MR) is 89.9 cm³/mol. The SMILES string of the molecule is CC(C)(C)NC(=O)c1ccc(C(=O)OCC(=O)N2CCCC2=O)cc1. The van der Waals surface area contributed by atoms with Crippen LogP contribution in [0.2, 0.25) is 0 Å². The maximum atomic E-state index is 12.0. The van der Waals surface area contributed by atoms with Crippen LogP contribution in [0.3, 0.4) is 0 Å². The summed E-state index contributed by atoms with van der Waals surface area (Å²) in [6.45, 7) is 5.51. The fourth-order valence-corrected chi connectivity index (χ4v) is 2.37. The van der Waals surface area contributed by atoms with Crippen molar-refractivity contribution in [3.8, 4) is 0 Å². The summed E-state index contributed by atoms with van der Waals surface area (Å²) in [5.74, 6) is -1.68. The van der Waals surface area contributed by atoms with Crippen LogP contribution in [0.1, 0.15) is 54.3 Å². The number of imide groups is 1. The van der Waals surface area contributed by atoms with Crippen LogP contribution in [0.4, 0.5) is 0 Å². The first-order valence-corrected chi connectivity index (χ1v) is 8.10. The topological polar surface area (TPSA) is 92.8 Å². The van der Waals surface area contributed by atoms with E-state index >= 15 is 0 Å². The van der Waals surface area contributed by atoms with E-state index in [0.717, 1.165) is 4.90 Å². The number of nitrogens with zero attached hydrogens (tertiary/aromatic N) is 1. The van der Waals surface area contributed by atoms with Gasteiger partial charge in [0.1, 0.15) is 0 Å². The van der Waals surface area contributed by atoms with Crippen molar-refractivity contribution in [1.29, 1.82) is 0 Å². The third-order valence-electron chi connectivity index (χ3n) is 3.57. The molecule has 25 heavy (non-hydrogen) atoms. The van der Waals surface area contributed by atoms with Gasteiger partial charge in [-0.1, -0.05) is 0 Å². The second kappa shape index (κ2) is 7.46. The van der Waals surface area contributed by atoms with E-state index in [2.05, 4.69) is 5.32 Å². The van der Waals surface area contributed by atoms with Crippen LogP contribution in [0.5, 0.6) is 0 Å². The van der Waals surface area contributed by atoms with Crippen molar-refractivity contribution in [1.82, 2.24) is 10.2 Å². The molecule has 0 radical (unpaired) electrons. The first kappa shape index (κ1) is 18.6. The van der Waals surface area contributed by atoms with Gasteiger partial charge in [0.05, 0.1) is 5.56 Å². The highest BCUT2D eigenvalue weighted by Crippen LogP contribution is 2.11. The molecular formula is C18H22N2O5. The number of carbonyl (C=O) groups is 4. The molecule has 2 rings (SSSR count). The summed E-state index contributed by atoms with van der Waals surface area (Å²) in [6, 6.07) is 5.96. The Hall–Kier alpha value is -2.70. The molecule has 1 aromatic rings. The molecule has 0 atom stereocenters. The minimum atomic E-state index is -0.678. The molecule has 0 unspecified atom stereocenters. The zero-order chi connectivity index (χ0) is 18.6. The predicted octanol–water partition coefficient (Wildman–Crippen LogP) is 1.52. The lowest BCUT2D eigenvalue weighted by Gasteiger charge is -2.20. The van der Waals surface area contributed by atoms with Gasteiger partial charge in [-0.25, -0.2) is 4.79 Å². The summed E-state index contributed by atoms with van der Waals surface area (Å²) in [5, 5.41) is 2.82. The Morgan fingerprint density at radius 1 is 1.12 bits per heavy atom. The summed E-state index contributed by atoms with van der Waals surface area (Å²) in [4.78, 5) is 48.4. The lowest BCUT2D eigenvalue weighted by molar-refractivity contribution is -0.143. The highest BCUT2D eigenvalue weighted by atomic mass is 16.5. The second-order valence-corrected chi connectivity index (χ2v) is 6.90. The highest BCUT2D eigenvalue weighted by molar-refractivity contribution is 5.99. The van der Waals surface area contributed by atoms with Crippen molar-refractivity contribution in [2.24, 2.45) is 0 Å². The van der Waals surface area contributed by atoms with E-state index in [1.807, 2.05) is 20.8 Å². The fourth-order valence-electron chi connectivity index (χ4n) is 2.37. The van der Waals surface area contributed by atoms with Crippen LogP contribution in [0.15, 0.2) is 24.3 Å². The number of benzene rings is 1. The number of amides is 3. The largest absolute Gasteiger partial charge is 0.452 e. The van der Waals surface area contributed by atoms with Gasteiger partial charge in [-0.3, -0.25) is 19.3 Å². The Morgan fingerprint density at radius 2 is 1.72 bits per heavy atom. The number of likely N-dealkylation sites (tertiary alicyclic amines) is 1. The maximum Gasteiger partial charge on any atom is 0.338 e. The monoisotopic (exact) mass is 346 g/mol. The van der Waals surface area contributed by atoms with Crippen molar-refractivity contribution in [2.45, 2.75) is 39.2 Å². The van der Waals surface area contributed by atoms with Crippen molar-refractivity contribution >= 4 is 23.7 Å². The first-order valence-electron chi connectivity index (χ1n) is 8.10. The van der Waals surface area contributed by atoms with E-state index in [1.165, 1.54) is 24.3 Å². The van der Waals surface area contributed by atoms with Gasteiger partial charge in [0.2, 0.25) is 5.91 Å². The normalized spacial score (nSPS) is 14.4. The number of hydrogen-bond acceptors (Lipinski definition) is 5. The molecule has 1 aromatic carbocycles. The molecule has 134 valence electrons. The van der Waals surface area contributed by atoms with Crippen molar-refractivity contribution < 1.29 is 23.9 Å². The first-order chi connectivity index (χ1) is 11.7. The van der Waals surface area contributed by atoms with Gasteiger partial charge < -0.3 is 10.1 Å². The standard InChI is InChI=1S/C18H22N2O5/c1-18(2,3)19-16(23)12-6-8-13(9-7-12)17(24)25-11-15(22)20-10-4-5-14(20)21/h6-9H,4-5,10-11H2,1-3H3,(H,19,23). The average molecular weight is 346 g/mol. The van der Waals surface area contributed by atoms with Gasteiger partial charge >= 0.3 is 5.97 Å². The van der Waals surface area contributed by atoms with E-state index < -0.39 is 18.5 Å². The quantitative estimate of drug-likeness (QED) is 0.835. The minimum Gasteiger partial charge on any atom is -0.452 e. The molecular weight excluding hydrogens is 324 g/mol. The molecule has 3 amide bonds. The Kier molecular flexibility index (Phi) is 5.56. The van der Waals surface area contributed by atoms with Gasteiger partial charge in [0, 0.05) is 24.1 Å². The fraction of sp³-hybridized carbons (Fsp3) is 0.444. The van der Waals surface area contributed by atoms with Crippen molar-refractivity contribution in [3.05, 3.63) is 35.4 Å². The molecule has 0 bridgehead atoms. The molecule has 0 spiro atoms. The van der Waals surface area contributed by atoms with Crippen molar-refractivity contribution in [2.75, 3.05) is 13.2 Å². The molecule has 1 aliphatic heterocycles. The van der Waals surface area contributed by atoms with Crippen LogP contribution in [0, 0.1) is 0 Å². The molecule has 0 aromatic heterocycles. The van der Waals surface area contributed by atoms with Gasteiger partial charge in [-0.05, 0) is 51.5 Å². The third-order valence-corrected chi connectivity index (χ3v) is 3.57. The van der Waals surface area contributed by atoms with E-state index in [-0.39, 0.29) is 22.9 Å². The number of hydrogen-bond donors (Lipinski definition) is 1. The number of ether oxygens (including phenoxy) is 1. The van der Waals surface area contributed by atoms with Crippen molar-refractivity contribution in [3.63, 3.8) is 0 Å². The van der Waals surface area contributed by atoms with Crippen LogP contribution < -0.4 is 5.32 Å². The van der Waals surface area contributed by atoms with E-state index in [9.17, 15) is 19.2 Å². The number of esters is 1. The van der Waals surface area contributed by atoms with Crippen LogP contribution in [-0.2, 0) is 14.3 Å².